The van der Waals surface area contributed by atoms with Crippen LogP contribution >= 0.6 is 23.1 Å². The predicted molar refractivity (Wildman–Crippen MR) is 111 cm³/mol. The number of carbonyl (C=O) groups excluding carboxylic acids is 2. The van der Waals surface area contributed by atoms with E-state index < -0.39 is 0 Å². The Kier molecular flexibility index (Phi) is 5.91. The molecule has 0 radical (unpaired) electrons. The van der Waals surface area contributed by atoms with Gasteiger partial charge in [0.05, 0.1) is 11.8 Å². The smallest absolute Gasteiger partial charge is 0.231 e. The van der Waals surface area contributed by atoms with E-state index in [4.69, 9.17) is 9.47 Å². The zero-order valence-electron chi connectivity index (χ0n) is 16.2. The third kappa shape index (κ3) is 4.64. The van der Waals surface area contributed by atoms with Crippen molar-refractivity contribution in [2.45, 2.75) is 49.5 Å². The molecule has 2 amide bonds. The number of ether oxygens (including phenoxy) is 2. The minimum Gasteiger partial charge on any atom is -0.454 e. The SMILES string of the molecule is CCC(=O)N(c1nnc(SCC(=O)N[C@@H](C)c2ccc3c(c2)OCO3)s1)C1CC1. The molecule has 1 aliphatic carbocycles. The van der Waals surface area contributed by atoms with Crippen molar-refractivity contribution in [1.29, 1.82) is 0 Å². The van der Waals surface area contributed by atoms with Crippen molar-refractivity contribution < 1.29 is 19.1 Å². The van der Waals surface area contributed by atoms with Gasteiger partial charge in [0.15, 0.2) is 15.8 Å². The quantitative estimate of drug-likeness (QED) is 0.504. The Morgan fingerprint density at radius 1 is 1.31 bits per heavy atom. The predicted octanol–water partition coefficient (Wildman–Crippen LogP) is 3.14. The van der Waals surface area contributed by atoms with Gasteiger partial charge in [-0.3, -0.25) is 14.5 Å². The molecule has 2 aromatic rings. The zero-order chi connectivity index (χ0) is 20.4. The van der Waals surface area contributed by atoms with Gasteiger partial charge in [-0.05, 0) is 37.5 Å². The minimum atomic E-state index is -0.157. The Morgan fingerprint density at radius 2 is 2.10 bits per heavy atom. The Labute approximate surface area is 177 Å². The summed E-state index contributed by atoms with van der Waals surface area (Å²) in [5.41, 5.74) is 0.948. The van der Waals surface area contributed by atoms with Crippen LogP contribution in [0.2, 0.25) is 0 Å². The molecule has 0 saturated heterocycles. The number of anilines is 1. The van der Waals surface area contributed by atoms with Gasteiger partial charge < -0.3 is 14.8 Å². The number of aromatic nitrogens is 2. The van der Waals surface area contributed by atoms with Crippen LogP contribution in [0.5, 0.6) is 11.5 Å². The van der Waals surface area contributed by atoms with Gasteiger partial charge in [-0.2, -0.15) is 0 Å². The first-order chi connectivity index (χ1) is 14.0. The molecule has 1 N–H and O–H groups in total. The van der Waals surface area contributed by atoms with Crippen LogP contribution in [0.3, 0.4) is 0 Å². The summed E-state index contributed by atoms with van der Waals surface area (Å²) in [6.07, 6.45) is 2.46. The van der Waals surface area contributed by atoms with E-state index in [0.717, 1.165) is 24.2 Å². The molecule has 154 valence electrons. The average molecular weight is 435 g/mol. The van der Waals surface area contributed by atoms with E-state index >= 15 is 0 Å². The number of nitrogens with zero attached hydrogens (tertiary/aromatic N) is 3. The highest BCUT2D eigenvalue weighted by Crippen LogP contribution is 2.36. The Morgan fingerprint density at radius 3 is 2.86 bits per heavy atom. The summed E-state index contributed by atoms with van der Waals surface area (Å²) in [7, 11) is 0. The van der Waals surface area contributed by atoms with E-state index in [1.807, 2.05) is 32.0 Å². The highest BCUT2D eigenvalue weighted by molar-refractivity contribution is 8.01. The maximum Gasteiger partial charge on any atom is 0.231 e. The first kappa shape index (κ1) is 20.0. The summed E-state index contributed by atoms with van der Waals surface area (Å²) < 4.78 is 11.4. The molecule has 0 unspecified atom stereocenters. The van der Waals surface area contributed by atoms with Crippen molar-refractivity contribution >= 4 is 40.0 Å². The second-order valence-electron chi connectivity index (χ2n) is 6.89. The van der Waals surface area contributed by atoms with E-state index in [1.54, 1.807) is 4.90 Å². The Balaban J connectivity index is 1.30. The standard InChI is InChI=1S/C19H22N4O4S2/c1-3-17(25)23(13-5-6-13)18-21-22-19(29-18)28-9-16(24)20-11(2)12-4-7-14-15(8-12)27-10-26-14/h4,7-8,11,13H,3,5-6,9-10H2,1-2H3,(H,20,24)/t11-/m0/s1. The third-order valence-electron chi connectivity index (χ3n) is 4.69. The number of carbonyl (C=O) groups is 2. The van der Waals surface area contributed by atoms with Gasteiger partial charge in [-0.15, -0.1) is 10.2 Å². The van der Waals surface area contributed by atoms with Gasteiger partial charge in [-0.25, -0.2) is 0 Å². The largest absolute Gasteiger partial charge is 0.454 e. The van der Waals surface area contributed by atoms with Crippen LogP contribution in [0, 0.1) is 0 Å². The molecule has 8 nitrogen and oxygen atoms in total. The fourth-order valence-electron chi connectivity index (χ4n) is 3.00. The molecule has 2 heterocycles. The van der Waals surface area contributed by atoms with Crippen LogP contribution in [0.4, 0.5) is 5.13 Å². The van der Waals surface area contributed by atoms with Crippen LogP contribution in [-0.4, -0.2) is 40.6 Å². The highest BCUT2D eigenvalue weighted by atomic mass is 32.2. The van der Waals surface area contributed by atoms with E-state index in [2.05, 4.69) is 15.5 Å². The lowest BCUT2D eigenvalue weighted by Crippen LogP contribution is -2.32. The van der Waals surface area contributed by atoms with Gasteiger partial charge in [0.25, 0.3) is 0 Å². The summed E-state index contributed by atoms with van der Waals surface area (Å²) >= 11 is 2.68. The van der Waals surface area contributed by atoms with E-state index in [9.17, 15) is 9.59 Å². The molecule has 1 aliphatic heterocycles. The maximum atomic E-state index is 12.4. The lowest BCUT2D eigenvalue weighted by Gasteiger charge is -2.17. The lowest BCUT2D eigenvalue weighted by atomic mass is 10.1. The van der Waals surface area contributed by atoms with Gasteiger partial charge in [0.1, 0.15) is 0 Å². The fraction of sp³-hybridized carbons (Fsp3) is 0.474. The lowest BCUT2D eigenvalue weighted by molar-refractivity contribution is -0.119. The highest BCUT2D eigenvalue weighted by Gasteiger charge is 2.35. The summed E-state index contributed by atoms with van der Waals surface area (Å²) in [6, 6.07) is 5.74. The topological polar surface area (TPSA) is 93.7 Å². The van der Waals surface area contributed by atoms with Crippen molar-refractivity contribution in [1.82, 2.24) is 15.5 Å². The molecule has 1 atom stereocenters. The summed E-state index contributed by atoms with van der Waals surface area (Å²) in [5.74, 6) is 1.61. The maximum absolute atomic E-state index is 12.4. The van der Waals surface area contributed by atoms with Crippen molar-refractivity contribution in [2.24, 2.45) is 0 Å². The first-order valence-electron chi connectivity index (χ1n) is 9.52. The zero-order valence-corrected chi connectivity index (χ0v) is 17.8. The molecular weight excluding hydrogens is 412 g/mol. The number of amides is 2. The molecule has 1 saturated carbocycles. The number of thioether (sulfide) groups is 1. The van der Waals surface area contributed by atoms with Gasteiger partial charge in [0.2, 0.25) is 23.7 Å². The van der Waals surface area contributed by atoms with Gasteiger partial charge >= 0.3 is 0 Å². The molecule has 10 heteroatoms. The minimum absolute atomic E-state index is 0.0653. The molecule has 0 spiro atoms. The van der Waals surface area contributed by atoms with E-state index in [0.29, 0.717) is 21.6 Å². The average Bonchev–Trinajstić information content (AvgIpc) is 3.25. The molecular formula is C19H22N4O4S2. The number of rotatable bonds is 8. The molecule has 0 bridgehead atoms. The number of nitrogens with one attached hydrogen (secondary N) is 1. The normalized spacial score (nSPS) is 15.8. The third-order valence-corrected chi connectivity index (χ3v) is 6.74. The molecule has 4 rings (SSSR count). The Bertz CT molecular complexity index is 915. The van der Waals surface area contributed by atoms with Gasteiger partial charge in [0, 0.05) is 12.5 Å². The fourth-order valence-corrected chi connectivity index (χ4v) is 4.75. The van der Waals surface area contributed by atoms with Crippen LogP contribution in [0.1, 0.15) is 44.7 Å². The van der Waals surface area contributed by atoms with E-state index in [-0.39, 0.29) is 36.4 Å². The first-order valence-corrected chi connectivity index (χ1v) is 11.3. The van der Waals surface area contributed by atoms with Crippen LogP contribution in [0.25, 0.3) is 0 Å². The molecule has 1 aromatic carbocycles. The second-order valence-corrected chi connectivity index (χ2v) is 9.07. The van der Waals surface area contributed by atoms with Crippen molar-refractivity contribution in [3.8, 4) is 11.5 Å². The number of hydrogen-bond donors (Lipinski definition) is 1. The number of benzene rings is 1. The summed E-state index contributed by atoms with van der Waals surface area (Å²) in [6.45, 7) is 4.00. The van der Waals surface area contributed by atoms with Crippen LogP contribution in [-0.2, 0) is 9.59 Å². The van der Waals surface area contributed by atoms with Crippen molar-refractivity contribution in [3.63, 3.8) is 0 Å². The molecule has 29 heavy (non-hydrogen) atoms. The summed E-state index contributed by atoms with van der Waals surface area (Å²) in [5, 5.41) is 11.9. The monoisotopic (exact) mass is 434 g/mol. The summed E-state index contributed by atoms with van der Waals surface area (Å²) in [4.78, 5) is 26.3. The molecule has 1 aromatic heterocycles. The number of hydrogen-bond acceptors (Lipinski definition) is 8. The molecule has 1 fully saturated rings. The van der Waals surface area contributed by atoms with Crippen molar-refractivity contribution in [3.05, 3.63) is 23.8 Å². The molecule has 2 aliphatic rings. The van der Waals surface area contributed by atoms with Crippen LogP contribution < -0.4 is 19.7 Å². The van der Waals surface area contributed by atoms with Crippen LogP contribution in [0.15, 0.2) is 22.5 Å². The van der Waals surface area contributed by atoms with E-state index in [1.165, 1.54) is 23.1 Å². The Hall–Kier alpha value is -2.33. The second kappa shape index (κ2) is 8.58. The van der Waals surface area contributed by atoms with Crippen molar-refractivity contribution in [2.75, 3.05) is 17.4 Å². The van der Waals surface area contributed by atoms with Gasteiger partial charge in [-0.1, -0.05) is 36.1 Å². The number of fused-ring (bicyclic) bond motifs is 1.